The Bertz CT molecular complexity index is 1600. The van der Waals surface area contributed by atoms with Gasteiger partial charge in [0.2, 0.25) is 21.9 Å². The molecule has 202 valence electrons. The highest BCUT2D eigenvalue weighted by Crippen LogP contribution is 2.26. The number of rotatable bonds is 9. The highest BCUT2D eigenvalue weighted by atomic mass is 32.2. The Balaban J connectivity index is 1.25. The number of nitrogen functional groups attached to an aromatic ring is 1. The van der Waals surface area contributed by atoms with Crippen LogP contribution in [-0.2, 0) is 14.8 Å². The third-order valence-corrected chi connectivity index (χ3v) is 9.07. The van der Waals surface area contributed by atoms with E-state index in [2.05, 4.69) is 25.6 Å². The number of carbonyl (C=O) groups excluding carboxylic acids is 1. The van der Waals surface area contributed by atoms with Crippen LogP contribution in [0.25, 0.3) is 22.4 Å². The van der Waals surface area contributed by atoms with Crippen LogP contribution in [0.1, 0.15) is 24.0 Å². The first-order valence-electron chi connectivity index (χ1n) is 12.3. The van der Waals surface area contributed by atoms with Crippen molar-refractivity contribution in [1.82, 2.24) is 24.6 Å². The van der Waals surface area contributed by atoms with Crippen molar-refractivity contribution in [2.45, 2.75) is 23.8 Å². The quantitative estimate of drug-likeness (QED) is 0.239. The fourth-order valence-corrected chi connectivity index (χ4v) is 6.81. The molecule has 5 rings (SSSR count). The summed E-state index contributed by atoms with van der Waals surface area (Å²) in [4.78, 5) is 24.7. The normalized spacial score (nSPS) is 14.8. The summed E-state index contributed by atoms with van der Waals surface area (Å²) in [6, 6.07) is 11.9. The maximum atomic E-state index is 13.3. The molecule has 2 aromatic heterocycles. The molecule has 39 heavy (non-hydrogen) atoms. The maximum Gasteiger partial charge on any atom is 0.243 e. The van der Waals surface area contributed by atoms with Gasteiger partial charge < -0.3 is 22.1 Å². The van der Waals surface area contributed by atoms with Crippen molar-refractivity contribution in [3.63, 3.8) is 0 Å². The van der Waals surface area contributed by atoms with Crippen LogP contribution in [0.15, 0.2) is 59.8 Å². The Morgan fingerprint density at radius 2 is 1.77 bits per heavy atom. The minimum absolute atomic E-state index is 0.0911. The number of hydrogen-bond acceptors (Lipinski definition) is 10. The van der Waals surface area contributed by atoms with Crippen LogP contribution in [0.4, 0.5) is 16.8 Å². The van der Waals surface area contributed by atoms with Gasteiger partial charge in [0.1, 0.15) is 0 Å². The minimum Gasteiger partial charge on any atom is -0.375 e. The SMILES string of the molecule is NC(=O)CN(C1CCNCC1)S(=O)(=O)c1ccc(Nc2ncc(C=Cc3ccc4nc(N)sc4c3)cn2)cc1. The molecule has 1 fully saturated rings. The average molecular weight is 565 g/mol. The number of nitrogens with two attached hydrogens (primary N) is 2. The summed E-state index contributed by atoms with van der Waals surface area (Å²) in [5, 5.41) is 6.82. The van der Waals surface area contributed by atoms with E-state index in [9.17, 15) is 13.2 Å². The third-order valence-electron chi connectivity index (χ3n) is 6.31. The number of thiazole rings is 1. The van der Waals surface area contributed by atoms with Crippen molar-refractivity contribution in [1.29, 1.82) is 0 Å². The lowest BCUT2D eigenvalue weighted by molar-refractivity contribution is -0.118. The van der Waals surface area contributed by atoms with E-state index in [0.29, 0.717) is 42.7 Å². The summed E-state index contributed by atoms with van der Waals surface area (Å²) in [5.41, 5.74) is 14.5. The van der Waals surface area contributed by atoms with Crippen LogP contribution in [0.5, 0.6) is 0 Å². The Hall–Kier alpha value is -3.91. The number of nitrogens with zero attached hydrogens (tertiary/aromatic N) is 4. The number of hydrogen-bond donors (Lipinski definition) is 4. The molecule has 6 N–H and O–H groups in total. The number of piperidine rings is 1. The van der Waals surface area contributed by atoms with E-state index in [-0.39, 0.29) is 17.5 Å². The topological polar surface area (TPSA) is 169 Å². The van der Waals surface area contributed by atoms with Crippen LogP contribution in [-0.4, -0.2) is 59.3 Å². The van der Waals surface area contributed by atoms with Crippen molar-refractivity contribution < 1.29 is 13.2 Å². The first kappa shape index (κ1) is 26.7. The van der Waals surface area contributed by atoms with Gasteiger partial charge in [0, 0.05) is 29.7 Å². The molecule has 0 aliphatic carbocycles. The standard InChI is InChI=1S/C26H28N8O3S2/c27-24(35)16-34(20-9-11-29-12-10-20)39(36,37)21-6-4-19(5-7-21)32-26-30-14-18(15-31-26)2-1-17-3-8-22-23(13-17)38-25(28)33-22/h1-8,13-15,20,29H,9-12,16H2,(H2,27,35)(H2,28,33)(H,30,31,32). The number of amides is 1. The first-order valence-corrected chi connectivity index (χ1v) is 14.6. The van der Waals surface area contributed by atoms with Crippen molar-refractivity contribution in [3.05, 3.63) is 66.0 Å². The Morgan fingerprint density at radius 3 is 2.46 bits per heavy atom. The number of benzene rings is 2. The van der Waals surface area contributed by atoms with Crippen molar-refractivity contribution in [2.24, 2.45) is 5.73 Å². The molecule has 13 heteroatoms. The number of nitrogens with one attached hydrogen (secondary N) is 2. The molecule has 1 aliphatic rings. The highest BCUT2D eigenvalue weighted by molar-refractivity contribution is 7.89. The average Bonchev–Trinajstić information content (AvgIpc) is 3.31. The molecule has 0 radical (unpaired) electrons. The number of fused-ring (bicyclic) bond motifs is 1. The summed E-state index contributed by atoms with van der Waals surface area (Å²) in [6.45, 7) is 1.02. The fourth-order valence-electron chi connectivity index (χ4n) is 4.38. The van der Waals surface area contributed by atoms with Gasteiger partial charge in [0.15, 0.2) is 5.13 Å². The first-order chi connectivity index (χ1) is 18.8. The maximum absolute atomic E-state index is 13.3. The molecule has 4 aromatic rings. The highest BCUT2D eigenvalue weighted by Gasteiger charge is 2.33. The monoisotopic (exact) mass is 564 g/mol. The van der Waals surface area contributed by atoms with Crippen LogP contribution >= 0.6 is 11.3 Å². The second-order valence-electron chi connectivity index (χ2n) is 9.10. The van der Waals surface area contributed by atoms with Crippen molar-refractivity contribution in [3.8, 4) is 0 Å². The molecule has 3 heterocycles. The lowest BCUT2D eigenvalue weighted by atomic mass is 10.1. The van der Waals surface area contributed by atoms with Crippen molar-refractivity contribution >= 4 is 66.4 Å². The van der Waals surface area contributed by atoms with E-state index >= 15 is 0 Å². The van der Waals surface area contributed by atoms with Crippen LogP contribution in [0.2, 0.25) is 0 Å². The summed E-state index contributed by atoms with van der Waals surface area (Å²) in [7, 11) is -3.90. The molecule has 1 amide bonds. The van der Waals surface area contributed by atoms with Gasteiger partial charge in [0.05, 0.1) is 21.7 Å². The molecule has 0 spiro atoms. The molecular weight excluding hydrogens is 536 g/mol. The zero-order chi connectivity index (χ0) is 27.4. The molecule has 1 saturated heterocycles. The summed E-state index contributed by atoms with van der Waals surface area (Å²) in [5.74, 6) is -0.314. The van der Waals surface area contributed by atoms with Gasteiger partial charge in [-0.05, 0) is 67.9 Å². The molecule has 2 aromatic carbocycles. The van der Waals surface area contributed by atoms with Gasteiger partial charge in [-0.3, -0.25) is 4.79 Å². The second kappa shape index (κ2) is 11.5. The fraction of sp³-hybridized carbons (Fsp3) is 0.231. The Labute approximate surface area is 230 Å². The lowest BCUT2D eigenvalue weighted by Crippen LogP contribution is -2.49. The molecular formula is C26H28N8O3S2. The second-order valence-corrected chi connectivity index (χ2v) is 12.1. The number of primary amides is 1. The van der Waals surface area contributed by atoms with E-state index in [1.165, 1.54) is 27.8 Å². The lowest BCUT2D eigenvalue weighted by Gasteiger charge is -2.33. The van der Waals surface area contributed by atoms with E-state index in [1.54, 1.807) is 24.5 Å². The van der Waals surface area contributed by atoms with E-state index < -0.39 is 15.9 Å². The molecule has 0 saturated carbocycles. The van der Waals surface area contributed by atoms with E-state index in [4.69, 9.17) is 11.5 Å². The summed E-state index contributed by atoms with van der Waals surface area (Å²) < 4.78 is 28.9. The smallest absolute Gasteiger partial charge is 0.243 e. The molecule has 11 nitrogen and oxygen atoms in total. The van der Waals surface area contributed by atoms with Gasteiger partial charge in [-0.1, -0.05) is 29.6 Å². The third kappa shape index (κ3) is 6.40. The van der Waals surface area contributed by atoms with Crippen LogP contribution in [0, 0.1) is 0 Å². The van der Waals surface area contributed by atoms with Gasteiger partial charge in [-0.15, -0.1) is 0 Å². The molecule has 0 atom stereocenters. The van der Waals surface area contributed by atoms with Gasteiger partial charge in [-0.25, -0.2) is 23.4 Å². The van der Waals surface area contributed by atoms with E-state index in [0.717, 1.165) is 21.3 Å². The molecule has 0 unspecified atom stereocenters. The van der Waals surface area contributed by atoms with Gasteiger partial charge >= 0.3 is 0 Å². The van der Waals surface area contributed by atoms with Gasteiger partial charge in [-0.2, -0.15) is 4.31 Å². The predicted molar refractivity (Wildman–Crippen MR) is 154 cm³/mol. The zero-order valence-electron chi connectivity index (χ0n) is 20.9. The number of aromatic nitrogens is 3. The summed E-state index contributed by atoms with van der Waals surface area (Å²) >= 11 is 1.45. The molecule has 1 aliphatic heterocycles. The van der Waals surface area contributed by atoms with Crippen molar-refractivity contribution in [2.75, 3.05) is 30.7 Å². The Kier molecular flexibility index (Phi) is 7.84. The van der Waals surface area contributed by atoms with Crippen LogP contribution < -0.4 is 22.1 Å². The van der Waals surface area contributed by atoms with Gasteiger partial charge in [0.25, 0.3) is 0 Å². The minimum atomic E-state index is -3.90. The zero-order valence-corrected chi connectivity index (χ0v) is 22.6. The Morgan fingerprint density at radius 1 is 1.08 bits per heavy atom. The number of carbonyl (C=O) groups is 1. The number of anilines is 3. The summed E-state index contributed by atoms with van der Waals surface area (Å²) in [6.07, 6.45) is 8.49. The van der Waals surface area contributed by atoms with E-state index in [1.807, 2.05) is 30.4 Å². The number of sulfonamides is 1. The van der Waals surface area contributed by atoms with Crippen LogP contribution in [0.3, 0.4) is 0 Å². The largest absolute Gasteiger partial charge is 0.375 e. The molecule has 0 bridgehead atoms. The predicted octanol–water partition coefficient (Wildman–Crippen LogP) is 2.81.